The standard InChI is InChI=1S/C20H27F3N4O6.H2S/c1-13(2)10-15(25-18(30)32-11-14-6-4-3-5-7-14)17(29)26-27(9-8-16(24)28)19(31)33-12-20(21,22)23;/h3-7,13,15H,8-12H2,1-2H3,(H2,24,28)(H,25,30)(H,26,29);1H2/t15-;/m0./s1. The van der Waals surface area contributed by atoms with Crippen LogP contribution in [0, 0.1) is 5.92 Å². The quantitative estimate of drug-likeness (QED) is 0.413. The molecule has 0 radical (unpaired) electrons. The minimum atomic E-state index is -4.79. The number of hydrogen-bond donors (Lipinski definition) is 3. The van der Waals surface area contributed by atoms with Gasteiger partial charge in [-0.05, 0) is 17.9 Å². The van der Waals surface area contributed by atoms with Crippen LogP contribution in [0.15, 0.2) is 30.3 Å². The lowest BCUT2D eigenvalue weighted by Crippen LogP contribution is -2.55. The maximum atomic E-state index is 12.7. The molecule has 4 amide bonds. The van der Waals surface area contributed by atoms with Gasteiger partial charge >= 0.3 is 18.4 Å². The van der Waals surface area contributed by atoms with Gasteiger partial charge in [-0.2, -0.15) is 26.7 Å². The summed E-state index contributed by atoms with van der Waals surface area (Å²) in [5.74, 6) is -1.88. The zero-order valence-electron chi connectivity index (χ0n) is 18.7. The second-order valence-electron chi connectivity index (χ2n) is 7.40. The number of alkyl carbamates (subject to hydrolysis) is 1. The van der Waals surface area contributed by atoms with Crippen molar-refractivity contribution in [3.05, 3.63) is 35.9 Å². The highest BCUT2D eigenvalue weighted by Gasteiger charge is 2.32. The van der Waals surface area contributed by atoms with Crippen LogP contribution in [0.25, 0.3) is 0 Å². The third kappa shape index (κ3) is 13.4. The van der Waals surface area contributed by atoms with Gasteiger partial charge in [0, 0.05) is 6.42 Å². The summed E-state index contributed by atoms with van der Waals surface area (Å²) in [5, 5.41) is 2.75. The molecule has 14 heteroatoms. The second-order valence-corrected chi connectivity index (χ2v) is 7.40. The number of nitrogens with one attached hydrogen (secondary N) is 2. The lowest BCUT2D eigenvalue weighted by Gasteiger charge is -2.26. The van der Waals surface area contributed by atoms with E-state index in [9.17, 15) is 32.3 Å². The Morgan fingerprint density at radius 3 is 2.24 bits per heavy atom. The first kappa shape index (κ1) is 30.8. The summed E-state index contributed by atoms with van der Waals surface area (Å²) in [6, 6.07) is 7.56. The largest absolute Gasteiger partial charge is 0.445 e. The van der Waals surface area contributed by atoms with Crippen molar-refractivity contribution in [3.63, 3.8) is 0 Å². The highest BCUT2D eigenvalue weighted by atomic mass is 32.1. The molecule has 0 aromatic heterocycles. The predicted octanol–water partition coefficient (Wildman–Crippen LogP) is 2.35. The number of alkyl halides is 3. The van der Waals surface area contributed by atoms with Gasteiger partial charge in [0.2, 0.25) is 5.91 Å². The number of nitrogens with zero attached hydrogens (tertiary/aromatic N) is 1. The summed E-state index contributed by atoms with van der Waals surface area (Å²) < 4.78 is 46.2. The van der Waals surface area contributed by atoms with Crippen molar-refractivity contribution in [1.82, 2.24) is 15.8 Å². The van der Waals surface area contributed by atoms with E-state index in [4.69, 9.17) is 10.5 Å². The van der Waals surface area contributed by atoms with Crippen molar-refractivity contribution in [3.8, 4) is 0 Å². The first-order chi connectivity index (χ1) is 15.4. The minimum absolute atomic E-state index is 0. The Balaban J connectivity index is 0.0000109. The molecule has 1 rings (SSSR count). The summed E-state index contributed by atoms with van der Waals surface area (Å²) in [6.07, 6.45) is -7.59. The Kier molecular flexibility index (Phi) is 13.5. The minimum Gasteiger partial charge on any atom is -0.445 e. The van der Waals surface area contributed by atoms with Crippen LogP contribution in [-0.4, -0.2) is 54.4 Å². The fourth-order valence-corrected chi connectivity index (χ4v) is 2.46. The third-order valence-corrected chi connectivity index (χ3v) is 3.94. The molecule has 0 saturated heterocycles. The molecular formula is C20H29F3N4O6S. The summed E-state index contributed by atoms with van der Waals surface area (Å²) in [5.41, 5.74) is 7.78. The number of hydrazine groups is 1. The monoisotopic (exact) mass is 510 g/mol. The Bertz CT molecular complexity index is 811. The highest BCUT2D eigenvalue weighted by molar-refractivity contribution is 7.59. The van der Waals surface area contributed by atoms with Gasteiger partial charge in [-0.3, -0.25) is 15.0 Å². The second kappa shape index (κ2) is 14.9. The molecule has 0 fully saturated rings. The van der Waals surface area contributed by atoms with E-state index < -0.39 is 55.8 Å². The molecular weight excluding hydrogens is 481 g/mol. The van der Waals surface area contributed by atoms with E-state index in [0.29, 0.717) is 10.6 Å². The maximum absolute atomic E-state index is 12.7. The number of hydrogen-bond acceptors (Lipinski definition) is 6. The Morgan fingerprint density at radius 2 is 1.71 bits per heavy atom. The number of amides is 4. The first-order valence-electron chi connectivity index (χ1n) is 9.94. The number of carbonyl (C=O) groups is 4. The van der Waals surface area contributed by atoms with Gasteiger partial charge in [0.1, 0.15) is 12.6 Å². The maximum Gasteiger partial charge on any atom is 0.429 e. The number of primary amides is 1. The summed E-state index contributed by atoms with van der Waals surface area (Å²) in [4.78, 5) is 47.8. The number of carbonyl (C=O) groups excluding carboxylic acids is 4. The van der Waals surface area contributed by atoms with Gasteiger partial charge in [0.15, 0.2) is 6.61 Å². The van der Waals surface area contributed by atoms with Gasteiger partial charge in [0.05, 0.1) is 6.54 Å². The molecule has 0 bridgehead atoms. The molecule has 0 unspecified atom stereocenters. The molecule has 4 N–H and O–H groups in total. The SMILES string of the molecule is CC(C)C[C@H](NC(=O)OCc1ccccc1)C(=O)NN(CCC(N)=O)C(=O)OCC(F)(F)F.S. The molecule has 1 aromatic carbocycles. The van der Waals surface area contributed by atoms with Crippen LogP contribution in [0.2, 0.25) is 0 Å². The van der Waals surface area contributed by atoms with Gasteiger partial charge < -0.3 is 20.5 Å². The summed E-state index contributed by atoms with van der Waals surface area (Å²) >= 11 is 0. The number of rotatable bonds is 10. The molecule has 0 spiro atoms. The van der Waals surface area contributed by atoms with E-state index in [-0.39, 0.29) is 32.4 Å². The molecule has 0 aliphatic heterocycles. The van der Waals surface area contributed by atoms with Crippen molar-refractivity contribution >= 4 is 37.5 Å². The molecule has 10 nitrogen and oxygen atoms in total. The zero-order chi connectivity index (χ0) is 25.0. The van der Waals surface area contributed by atoms with Gasteiger partial charge in [-0.15, -0.1) is 0 Å². The topological polar surface area (TPSA) is 140 Å². The summed E-state index contributed by atoms with van der Waals surface area (Å²) in [7, 11) is 0. The number of halogens is 3. The lowest BCUT2D eigenvalue weighted by molar-refractivity contribution is -0.163. The number of ether oxygens (including phenoxy) is 2. The highest BCUT2D eigenvalue weighted by Crippen LogP contribution is 2.15. The van der Waals surface area contributed by atoms with Gasteiger partial charge in [-0.25, -0.2) is 14.6 Å². The molecule has 0 heterocycles. The molecule has 0 aliphatic rings. The van der Waals surface area contributed by atoms with Gasteiger partial charge in [-0.1, -0.05) is 44.2 Å². The number of benzene rings is 1. The van der Waals surface area contributed by atoms with Crippen LogP contribution >= 0.6 is 13.5 Å². The molecule has 0 aliphatic carbocycles. The van der Waals surface area contributed by atoms with Gasteiger partial charge in [0.25, 0.3) is 5.91 Å². The summed E-state index contributed by atoms with van der Waals surface area (Å²) in [6.45, 7) is 1.04. The van der Waals surface area contributed by atoms with Crippen molar-refractivity contribution in [2.75, 3.05) is 13.2 Å². The van der Waals surface area contributed by atoms with E-state index in [1.54, 1.807) is 44.2 Å². The van der Waals surface area contributed by atoms with Crippen molar-refractivity contribution in [2.24, 2.45) is 11.7 Å². The van der Waals surface area contributed by atoms with Crippen LogP contribution in [0.4, 0.5) is 22.8 Å². The zero-order valence-corrected chi connectivity index (χ0v) is 19.7. The third-order valence-electron chi connectivity index (χ3n) is 3.94. The molecule has 0 saturated carbocycles. The van der Waals surface area contributed by atoms with Crippen LogP contribution in [0.3, 0.4) is 0 Å². The van der Waals surface area contributed by atoms with Crippen molar-refractivity contribution < 1.29 is 41.8 Å². The van der Waals surface area contributed by atoms with Crippen molar-refractivity contribution in [2.45, 2.75) is 45.5 Å². The Morgan fingerprint density at radius 1 is 1.09 bits per heavy atom. The normalized spacial score (nSPS) is 11.6. The smallest absolute Gasteiger partial charge is 0.429 e. The molecule has 34 heavy (non-hydrogen) atoms. The van der Waals surface area contributed by atoms with Crippen LogP contribution in [0.5, 0.6) is 0 Å². The average molecular weight is 511 g/mol. The fourth-order valence-electron chi connectivity index (χ4n) is 2.46. The van der Waals surface area contributed by atoms with E-state index in [2.05, 4.69) is 15.5 Å². The van der Waals surface area contributed by atoms with Crippen LogP contribution < -0.4 is 16.5 Å². The molecule has 192 valence electrons. The van der Waals surface area contributed by atoms with E-state index >= 15 is 0 Å². The first-order valence-corrected chi connectivity index (χ1v) is 9.94. The molecule has 1 atom stereocenters. The van der Waals surface area contributed by atoms with Crippen molar-refractivity contribution in [1.29, 1.82) is 0 Å². The average Bonchev–Trinajstić information content (AvgIpc) is 2.72. The Labute approximate surface area is 201 Å². The Hall–Kier alpha value is -3.16. The van der Waals surface area contributed by atoms with E-state index in [1.165, 1.54) is 0 Å². The predicted molar refractivity (Wildman–Crippen MR) is 119 cm³/mol. The van der Waals surface area contributed by atoms with E-state index in [1.807, 2.05) is 0 Å². The van der Waals surface area contributed by atoms with E-state index in [0.717, 1.165) is 0 Å². The molecule has 1 aromatic rings. The number of nitrogens with two attached hydrogens (primary N) is 1. The van der Waals surface area contributed by atoms with Crippen LogP contribution in [0.1, 0.15) is 32.3 Å². The van der Waals surface area contributed by atoms with Crippen LogP contribution in [-0.2, 0) is 25.7 Å². The fraction of sp³-hybridized carbons (Fsp3) is 0.500. The lowest BCUT2D eigenvalue weighted by atomic mass is 10.0.